The highest BCUT2D eigenvalue weighted by molar-refractivity contribution is 7.13. The number of furan rings is 1. The van der Waals surface area contributed by atoms with Gasteiger partial charge in [-0.1, -0.05) is 0 Å². The first kappa shape index (κ1) is 11.6. The lowest BCUT2D eigenvalue weighted by atomic mass is 10.4. The Morgan fingerprint density at radius 2 is 2.37 bits per heavy atom. The van der Waals surface area contributed by atoms with Crippen molar-refractivity contribution in [3.8, 4) is 10.8 Å². The smallest absolute Gasteiger partial charge is 0.277 e. The van der Waals surface area contributed by atoms with Gasteiger partial charge in [-0.25, -0.2) is 4.98 Å². The standard InChI is InChI=1S/C11H9N5O2S/c1-6-12-11(16-15-6)14-9(17)7-5-19-10(13-7)8-3-2-4-18-8/h2-5H,1H3,(H2,12,14,15,16,17). The van der Waals surface area contributed by atoms with Crippen LogP contribution in [0.1, 0.15) is 16.3 Å². The minimum absolute atomic E-state index is 0.232. The molecule has 0 unspecified atom stereocenters. The van der Waals surface area contributed by atoms with Crippen LogP contribution in [0.25, 0.3) is 10.8 Å². The summed E-state index contributed by atoms with van der Waals surface area (Å²) >= 11 is 1.34. The molecule has 1 amide bonds. The van der Waals surface area contributed by atoms with E-state index in [2.05, 4.69) is 25.5 Å². The summed E-state index contributed by atoms with van der Waals surface area (Å²) in [7, 11) is 0. The SMILES string of the molecule is Cc1nc(NC(=O)c2csc(-c3ccco3)n2)n[nH]1. The van der Waals surface area contributed by atoms with Gasteiger partial charge in [0.25, 0.3) is 5.91 Å². The zero-order valence-corrected chi connectivity index (χ0v) is 10.7. The number of aryl methyl sites for hydroxylation is 1. The Labute approximate surface area is 111 Å². The fourth-order valence-corrected chi connectivity index (χ4v) is 2.22. The number of hydrogen-bond donors (Lipinski definition) is 2. The maximum atomic E-state index is 11.9. The van der Waals surface area contributed by atoms with Crippen molar-refractivity contribution in [2.75, 3.05) is 5.32 Å². The highest BCUT2D eigenvalue weighted by atomic mass is 32.1. The molecule has 0 radical (unpaired) electrons. The van der Waals surface area contributed by atoms with Gasteiger partial charge in [-0.15, -0.1) is 16.4 Å². The number of carbonyl (C=O) groups excluding carboxylic acids is 1. The molecular formula is C11H9N5O2S. The number of thiazole rings is 1. The molecule has 3 aromatic heterocycles. The van der Waals surface area contributed by atoms with Crippen molar-refractivity contribution >= 4 is 23.2 Å². The summed E-state index contributed by atoms with van der Waals surface area (Å²) in [5, 5.41) is 11.3. The molecular weight excluding hydrogens is 266 g/mol. The molecule has 2 N–H and O–H groups in total. The van der Waals surface area contributed by atoms with Gasteiger partial charge in [-0.3, -0.25) is 15.2 Å². The van der Waals surface area contributed by atoms with Crippen LogP contribution in [0.4, 0.5) is 5.95 Å². The summed E-state index contributed by atoms with van der Waals surface area (Å²) in [5.74, 6) is 1.14. The van der Waals surface area contributed by atoms with Gasteiger partial charge in [0.1, 0.15) is 11.5 Å². The average molecular weight is 275 g/mol. The van der Waals surface area contributed by atoms with Gasteiger partial charge >= 0.3 is 0 Å². The second-order valence-corrected chi connectivity index (χ2v) is 4.57. The summed E-state index contributed by atoms with van der Waals surface area (Å²) < 4.78 is 5.22. The van der Waals surface area contributed by atoms with E-state index >= 15 is 0 Å². The van der Waals surface area contributed by atoms with Gasteiger partial charge < -0.3 is 4.42 Å². The predicted molar refractivity (Wildman–Crippen MR) is 68.9 cm³/mol. The topological polar surface area (TPSA) is 96.7 Å². The number of nitrogens with zero attached hydrogens (tertiary/aromatic N) is 3. The Morgan fingerprint density at radius 3 is 3.05 bits per heavy atom. The monoisotopic (exact) mass is 275 g/mol. The fourth-order valence-electron chi connectivity index (χ4n) is 1.46. The van der Waals surface area contributed by atoms with E-state index in [1.165, 1.54) is 11.3 Å². The Morgan fingerprint density at radius 1 is 1.47 bits per heavy atom. The molecule has 0 bridgehead atoms. The van der Waals surface area contributed by atoms with E-state index in [0.29, 0.717) is 22.3 Å². The van der Waals surface area contributed by atoms with Crippen LogP contribution in [-0.2, 0) is 0 Å². The molecule has 0 aliphatic rings. The van der Waals surface area contributed by atoms with E-state index in [-0.39, 0.29) is 11.9 Å². The first-order chi connectivity index (χ1) is 9.22. The third-order valence-corrected chi connectivity index (χ3v) is 3.15. The Balaban J connectivity index is 1.77. The van der Waals surface area contributed by atoms with Gasteiger partial charge in [-0.2, -0.15) is 4.98 Å². The molecule has 0 saturated carbocycles. The molecule has 0 aliphatic carbocycles. The molecule has 3 rings (SSSR count). The highest BCUT2D eigenvalue weighted by Crippen LogP contribution is 2.24. The Kier molecular flexibility index (Phi) is 2.84. The second kappa shape index (κ2) is 4.65. The van der Waals surface area contributed by atoms with Crippen LogP contribution in [-0.4, -0.2) is 26.1 Å². The van der Waals surface area contributed by atoms with E-state index in [9.17, 15) is 4.79 Å². The lowest BCUT2D eigenvalue weighted by Crippen LogP contribution is -2.13. The number of rotatable bonds is 3. The lowest BCUT2D eigenvalue weighted by molar-refractivity contribution is 0.102. The quantitative estimate of drug-likeness (QED) is 0.762. The van der Waals surface area contributed by atoms with Crippen LogP contribution < -0.4 is 5.32 Å². The predicted octanol–water partition coefficient (Wildman–Crippen LogP) is 2.08. The van der Waals surface area contributed by atoms with Crippen LogP contribution in [0.15, 0.2) is 28.2 Å². The Hall–Kier alpha value is -2.48. The van der Waals surface area contributed by atoms with E-state index in [1.807, 2.05) is 0 Å². The van der Waals surface area contributed by atoms with Crippen molar-refractivity contribution in [1.82, 2.24) is 20.2 Å². The summed E-state index contributed by atoms with van der Waals surface area (Å²) in [6, 6.07) is 3.56. The van der Waals surface area contributed by atoms with E-state index < -0.39 is 0 Å². The molecule has 0 spiro atoms. The van der Waals surface area contributed by atoms with Crippen LogP contribution in [0.5, 0.6) is 0 Å². The number of hydrogen-bond acceptors (Lipinski definition) is 6. The highest BCUT2D eigenvalue weighted by Gasteiger charge is 2.14. The largest absolute Gasteiger partial charge is 0.462 e. The first-order valence-electron chi connectivity index (χ1n) is 5.42. The van der Waals surface area contributed by atoms with Crippen LogP contribution >= 0.6 is 11.3 Å². The van der Waals surface area contributed by atoms with Gasteiger partial charge in [0.15, 0.2) is 10.8 Å². The zero-order chi connectivity index (χ0) is 13.2. The molecule has 0 fully saturated rings. The Bertz CT molecular complexity index is 700. The number of amides is 1. The van der Waals surface area contributed by atoms with Crippen molar-refractivity contribution in [2.45, 2.75) is 6.92 Å². The molecule has 8 heteroatoms. The molecule has 0 aromatic carbocycles. The number of nitrogens with one attached hydrogen (secondary N) is 2. The molecule has 3 heterocycles. The normalized spacial score (nSPS) is 10.6. The molecule has 7 nitrogen and oxygen atoms in total. The maximum absolute atomic E-state index is 11.9. The fraction of sp³-hybridized carbons (Fsp3) is 0.0909. The third kappa shape index (κ3) is 2.38. The van der Waals surface area contributed by atoms with Crippen LogP contribution in [0.3, 0.4) is 0 Å². The number of anilines is 1. The number of H-pyrrole nitrogens is 1. The van der Waals surface area contributed by atoms with Gasteiger partial charge in [0.05, 0.1) is 6.26 Å². The molecule has 96 valence electrons. The minimum atomic E-state index is -0.354. The van der Waals surface area contributed by atoms with Gasteiger partial charge in [0, 0.05) is 5.38 Å². The summed E-state index contributed by atoms with van der Waals surface area (Å²) in [4.78, 5) is 20.1. The van der Waals surface area contributed by atoms with E-state index in [0.717, 1.165) is 0 Å². The van der Waals surface area contributed by atoms with Crippen molar-refractivity contribution in [2.24, 2.45) is 0 Å². The van der Waals surface area contributed by atoms with Crippen molar-refractivity contribution in [3.05, 3.63) is 35.3 Å². The van der Waals surface area contributed by atoms with Crippen LogP contribution in [0.2, 0.25) is 0 Å². The number of carbonyl (C=O) groups is 1. The number of aromatic nitrogens is 4. The maximum Gasteiger partial charge on any atom is 0.277 e. The summed E-state index contributed by atoms with van der Waals surface area (Å²) in [5.41, 5.74) is 0.304. The van der Waals surface area contributed by atoms with Crippen molar-refractivity contribution in [3.63, 3.8) is 0 Å². The summed E-state index contributed by atoms with van der Waals surface area (Å²) in [6.07, 6.45) is 1.56. The zero-order valence-electron chi connectivity index (χ0n) is 9.88. The minimum Gasteiger partial charge on any atom is -0.462 e. The molecule has 0 saturated heterocycles. The van der Waals surface area contributed by atoms with Crippen molar-refractivity contribution < 1.29 is 9.21 Å². The van der Waals surface area contributed by atoms with Gasteiger partial charge in [-0.05, 0) is 19.1 Å². The molecule has 0 atom stereocenters. The summed E-state index contributed by atoms with van der Waals surface area (Å²) in [6.45, 7) is 1.75. The first-order valence-corrected chi connectivity index (χ1v) is 6.30. The number of aromatic amines is 1. The third-order valence-electron chi connectivity index (χ3n) is 2.29. The lowest BCUT2D eigenvalue weighted by Gasteiger charge is -1.95. The van der Waals surface area contributed by atoms with Gasteiger partial charge in [0.2, 0.25) is 5.95 Å². The molecule has 3 aromatic rings. The van der Waals surface area contributed by atoms with E-state index in [4.69, 9.17) is 4.42 Å². The molecule has 19 heavy (non-hydrogen) atoms. The molecule has 0 aliphatic heterocycles. The van der Waals surface area contributed by atoms with E-state index in [1.54, 1.807) is 30.7 Å². The van der Waals surface area contributed by atoms with Crippen molar-refractivity contribution in [1.29, 1.82) is 0 Å². The van der Waals surface area contributed by atoms with Crippen LogP contribution in [0, 0.1) is 6.92 Å². The average Bonchev–Trinajstić information content (AvgIpc) is 3.08. The second-order valence-electron chi connectivity index (χ2n) is 3.71.